The molecule has 1 amide bonds. The summed E-state index contributed by atoms with van der Waals surface area (Å²) in [6, 6.07) is 8.40. The van der Waals surface area contributed by atoms with Crippen molar-refractivity contribution < 1.29 is 23.9 Å². The zero-order valence-electron chi connectivity index (χ0n) is 18.2. The Morgan fingerprint density at radius 1 is 0.871 bits per heavy atom. The Morgan fingerprint density at radius 2 is 1.35 bits per heavy atom. The first-order chi connectivity index (χ1) is 15.0. The van der Waals surface area contributed by atoms with Gasteiger partial charge in [-0.15, -0.1) is 0 Å². The normalized spacial score (nSPS) is 20.1. The molecule has 4 rings (SSSR count). The molecule has 0 fully saturated rings. The first kappa shape index (κ1) is 21.3. The summed E-state index contributed by atoms with van der Waals surface area (Å²) in [4.78, 5) is 40.7. The van der Waals surface area contributed by atoms with E-state index in [1.165, 1.54) is 25.3 Å². The molecular formula is C25H29NO5. The highest BCUT2D eigenvalue weighted by atomic mass is 16.5. The van der Waals surface area contributed by atoms with Gasteiger partial charge in [0.05, 0.1) is 14.2 Å². The van der Waals surface area contributed by atoms with Crippen LogP contribution in [0.25, 0.3) is 0 Å². The molecular weight excluding hydrogens is 394 g/mol. The smallest absolute Gasteiger partial charge is 0.228 e. The molecule has 0 saturated carbocycles. The van der Waals surface area contributed by atoms with Gasteiger partial charge in [0.1, 0.15) is 0 Å². The van der Waals surface area contributed by atoms with Gasteiger partial charge in [0, 0.05) is 30.7 Å². The lowest BCUT2D eigenvalue weighted by Gasteiger charge is -2.23. The minimum atomic E-state index is -0.258. The van der Waals surface area contributed by atoms with E-state index >= 15 is 0 Å². The van der Waals surface area contributed by atoms with E-state index < -0.39 is 0 Å². The first-order valence-corrected chi connectivity index (χ1v) is 11.0. The van der Waals surface area contributed by atoms with Crippen LogP contribution in [0.5, 0.6) is 0 Å². The van der Waals surface area contributed by atoms with Crippen LogP contribution in [0.3, 0.4) is 0 Å². The lowest BCUT2D eigenvalue weighted by Crippen LogP contribution is -2.34. The minimum absolute atomic E-state index is 0.00934. The number of hydrogen-bond donors (Lipinski definition) is 0. The summed E-state index contributed by atoms with van der Waals surface area (Å²) in [5, 5.41) is 0. The third kappa shape index (κ3) is 4.16. The highest BCUT2D eigenvalue weighted by molar-refractivity contribution is 6.23. The topological polar surface area (TPSA) is 72.9 Å². The lowest BCUT2D eigenvalue weighted by molar-refractivity contribution is -0.132. The Balaban J connectivity index is 1.39. The number of amides is 1. The summed E-state index contributed by atoms with van der Waals surface area (Å²) < 4.78 is 10.3. The van der Waals surface area contributed by atoms with Crippen LogP contribution in [-0.4, -0.2) is 49.7 Å². The van der Waals surface area contributed by atoms with Gasteiger partial charge in [-0.05, 0) is 55.6 Å². The molecule has 0 spiro atoms. The molecule has 31 heavy (non-hydrogen) atoms. The number of rotatable bonds is 4. The molecule has 1 heterocycles. The van der Waals surface area contributed by atoms with E-state index in [9.17, 15) is 14.4 Å². The van der Waals surface area contributed by atoms with Crippen molar-refractivity contribution in [3.8, 4) is 0 Å². The predicted octanol–water partition coefficient (Wildman–Crippen LogP) is 3.15. The number of Topliss-reactive ketones (excluding diaryl/α,β-unsaturated/α-hetero) is 2. The average Bonchev–Trinajstić information content (AvgIpc) is 3.13. The van der Waals surface area contributed by atoms with Gasteiger partial charge in [0.15, 0.2) is 0 Å². The second-order valence-corrected chi connectivity index (χ2v) is 8.48. The second kappa shape index (κ2) is 9.08. The van der Waals surface area contributed by atoms with Crippen molar-refractivity contribution in [3.63, 3.8) is 0 Å². The summed E-state index contributed by atoms with van der Waals surface area (Å²) in [7, 11) is 2.76. The number of hydrogen-bond acceptors (Lipinski definition) is 5. The molecule has 1 aliphatic heterocycles. The predicted molar refractivity (Wildman–Crippen MR) is 115 cm³/mol. The molecule has 0 aromatic heterocycles. The first-order valence-electron chi connectivity index (χ1n) is 11.0. The second-order valence-electron chi connectivity index (χ2n) is 8.48. The van der Waals surface area contributed by atoms with E-state index in [-0.39, 0.29) is 34.9 Å². The SMILES string of the molecule is COC1=C(OC)C(=O)C2=C(CCC(CC(=O)N3CCc4ccccc4CC3)CC2)C1=O. The van der Waals surface area contributed by atoms with Crippen molar-refractivity contribution in [2.75, 3.05) is 27.3 Å². The number of ether oxygens (including phenoxy) is 2. The number of benzene rings is 1. The fourth-order valence-corrected chi connectivity index (χ4v) is 4.99. The number of fused-ring (bicyclic) bond motifs is 1. The van der Waals surface area contributed by atoms with E-state index in [2.05, 4.69) is 24.3 Å². The van der Waals surface area contributed by atoms with Gasteiger partial charge in [-0.1, -0.05) is 24.3 Å². The molecule has 3 aliphatic rings. The molecule has 6 nitrogen and oxygen atoms in total. The molecule has 0 unspecified atom stereocenters. The van der Waals surface area contributed by atoms with Gasteiger partial charge >= 0.3 is 0 Å². The van der Waals surface area contributed by atoms with Crippen molar-refractivity contribution in [2.24, 2.45) is 5.92 Å². The van der Waals surface area contributed by atoms with Crippen LogP contribution in [0.1, 0.15) is 43.2 Å². The van der Waals surface area contributed by atoms with Crippen LogP contribution in [0.2, 0.25) is 0 Å². The van der Waals surface area contributed by atoms with Gasteiger partial charge in [-0.25, -0.2) is 0 Å². The zero-order chi connectivity index (χ0) is 22.0. The molecule has 0 radical (unpaired) electrons. The van der Waals surface area contributed by atoms with Gasteiger partial charge in [-0.2, -0.15) is 0 Å². The van der Waals surface area contributed by atoms with Gasteiger partial charge in [0.25, 0.3) is 0 Å². The van der Waals surface area contributed by atoms with Gasteiger partial charge in [0.2, 0.25) is 29.0 Å². The van der Waals surface area contributed by atoms with Crippen LogP contribution < -0.4 is 0 Å². The molecule has 6 heteroatoms. The molecule has 0 bridgehead atoms. The Bertz CT molecular complexity index is 907. The van der Waals surface area contributed by atoms with E-state index in [0.717, 1.165) is 38.8 Å². The largest absolute Gasteiger partial charge is 0.489 e. The molecule has 2 aliphatic carbocycles. The minimum Gasteiger partial charge on any atom is -0.489 e. The number of carbonyl (C=O) groups is 3. The zero-order valence-corrected chi connectivity index (χ0v) is 18.2. The molecule has 164 valence electrons. The maximum atomic E-state index is 13.1. The van der Waals surface area contributed by atoms with Crippen LogP contribution >= 0.6 is 0 Å². The van der Waals surface area contributed by atoms with Crippen LogP contribution in [0.15, 0.2) is 46.9 Å². The van der Waals surface area contributed by atoms with Crippen molar-refractivity contribution in [2.45, 2.75) is 44.9 Å². The van der Waals surface area contributed by atoms with Crippen molar-refractivity contribution in [1.29, 1.82) is 0 Å². The number of carbonyl (C=O) groups excluding carboxylic acids is 3. The molecule has 0 saturated heterocycles. The van der Waals surface area contributed by atoms with Gasteiger partial charge < -0.3 is 14.4 Å². The van der Waals surface area contributed by atoms with Crippen molar-refractivity contribution in [1.82, 2.24) is 4.90 Å². The maximum absolute atomic E-state index is 13.1. The number of methoxy groups -OCH3 is 2. The van der Waals surface area contributed by atoms with Crippen molar-refractivity contribution >= 4 is 17.5 Å². The van der Waals surface area contributed by atoms with Crippen LogP contribution in [0, 0.1) is 5.92 Å². The van der Waals surface area contributed by atoms with E-state index in [1.54, 1.807) is 0 Å². The Hall–Kier alpha value is -2.89. The molecule has 0 N–H and O–H groups in total. The average molecular weight is 424 g/mol. The third-order valence-electron chi connectivity index (χ3n) is 6.78. The quantitative estimate of drug-likeness (QED) is 0.696. The van der Waals surface area contributed by atoms with E-state index in [1.807, 2.05) is 4.90 Å². The summed E-state index contributed by atoms with van der Waals surface area (Å²) in [5.74, 6) is -0.211. The summed E-state index contributed by atoms with van der Waals surface area (Å²) >= 11 is 0. The standard InChI is InChI=1S/C25H29NO5/c1-30-24-22(28)19-9-7-16(8-10-20(19)23(29)25(24)31-2)15-21(27)26-13-11-17-5-3-4-6-18(17)12-14-26/h3-6,16H,7-15H2,1-2H3. The summed E-state index contributed by atoms with van der Waals surface area (Å²) in [6.45, 7) is 1.49. The Labute approximate surface area is 182 Å². The lowest BCUT2D eigenvalue weighted by atomic mass is 9.89. The summed E-state index contributed by atoms with van der Waals surface area (Å²) in [6.07, 6.45) is 4.66. The number of allylic oxidation sites excluding steroid dienone is 2. The Kier molecular flexibility index (Phi) is 6.25. The van der Waals surface area contributed by atoms with Crippen molar-refractivity contribution in [3.05, 3.63) is 58.1 Å². The fraction of sp³-hybridized carbons (Fsp3) is 0.480. The third-order valence-corrected chi connectivity index (χ3v) is 6.78. The maximum Gasteiger partial charge on any atom is 0.228 e. The molecule has 0 atom stereocenters. The Morgan fingerprint density at radius 3 is 1.81 bits per heavy atom. The fourth-order valence-electron chi connectivity index (χ4n) is 4.99. The van der Waals surface area contributed by atoms with E-state index in [0.29, 0.717) is 30.4 Å². The number of ketones is 2. The highest BCUT2D eigenvalue weighted by Gasteiger charge is 2.38. The monoisotopic (exact) mass is 423 g/mol. The summed E-state index contributed by atoms with van der Waals surface area (Å²) in [5.41, 5.74) is 3.72. The molecule has 1 aromatic rings. The van der Waals surface area contributed by atoms with Gasteiger partial charge in [-0.3, -0.25) is 14.4 Å². The molecule has 1 aromatic carbocycles. The van der Waals surface area contributed by atoms with Crippen LogP contribution in [0.4, 0.5) is 0 Å². The van der Waals surface area contributed by atoms with E-state index in [4.69, 9.17) is 9.47 Å². The number of nitrogens with zero attached hydrogens (tertiary/aromatic N) is 1. The van der Waals surface area contributed by atoms with Crippen LogP contribution in [-0.2, 0) is 36.7 Å². The highest BCUT2D eigenvalue weighted by Crippen LogP contribution is 2.37.